The Morgan fingerprint density at radius 1 is 1.38 bits per heavy atom. The van der Waals surface area contributed by atoms with Crippen LogP contribution in [0.5, 0.6) is 0 Å². The zero-order valence-corrected chi connectivity index (χ0v) is 13.1. The zero-order chi connectivity index (χ0) is 13.5. The Kier molecular flexibility index (Phi) is 4.25. The number of hydrogen-bond donors (Lipinski definition) is 2. The largest absolute Gasteiger partial charge is 0.353 e. The van der Waals surface area contributed by atoms with Gasteiger partial charge in [0, 0.05) is 27.4 Å². The number of fused-ring (bicyclic) bond motifs is 3. The van der Waals surface area contributed by atoms with Crippen LogP contribution in [0.25, 0.3) is 0 Å². The highest BCUT2D eigenvalue weighted by Crippen LogP contribution is 2.49. The molecule has 3 aliphatic carbocycles. The van der Waals surface area contributed by atoms with Crippen molar-refractivity contribution in [1.29, 1.82) is 0 Å². The molecule has 2 fully saturated rings. The van der Waals surface area contributed by atoms with E-state index in [2.05, 4.69) is 15.3 Å². The molecule has 120 valence electrons. The molecule has 3 aliphatic rings. The molecule has 5 heteroatoms. The summed E-state index contributed by atoms with van der Waals surface area (Å²) in [5, 5.41) is 3.25. The molecule has 2 N–H and O–H groups in total. The van der Waals surface area contributed by atoms with Crippen molar-refractivity contribution in [3.63, 3.8) is 0 Å². The van der Waals surface area contributed by atoms with Crippen LogP contribution in [0, 0.1) is 17.8 Å². The Labute approximate surface area is 134 Å². The molecule has 0 aromatic carbocycles. The molecule has 2 saturated carbocycles. The monoisotopic (exact) mass is 313 g/mol. The predicted octanol–water partition coefficient (Wildman–Crippen LogP) is 3.12. The first-order valence-corrected chi connectivity index (χ1v) is 8.08. The number of aromatic amines is 1. The molecule has 4 atom stereocenters. The minimum Gasteiger partial charge on any atom is -0.353 e. The van der Waals surface area contributed by atoms with Gasteiger partial charge < -0.3 is 10.3 Å². The first-order valence-electron chi connectivity index (χ1n) is 8.08. The number of carbonyl (C=O) groups is 1. The van der Waals surface area contributed by atoms with Gasteiger partial charge in [0.15, 0.2) is 0 Å². The SMILES string of the molecule is Cl.O=C(C[C@H]1C[C@@H]2CC[C@H]1C2)NC1CCc2nc[nH]c2C1.[HH].[HH]. The molecule has 21 heavy (non-hydrogen) atoms. The average molecular weight is 314 g/mol. The minimum atomic E-state index is 0. The number of nitrogens with zero attached hydrogens (tertiary/aromatic N) is 1. The smallest absolute Gasteiger partial charge is 0.220 e. The van der Waals surface area contributed by atoms with Gasteiger partial charge in [-0.1, -0.05) is 6.42 Å². The van der Waals surface area contributed by atoms with Gasteiger partial charge >= 0.3 is 0 Å². The van der Waals surface area contributed by atoms with Gasteiger partial charge in [-0.3, -0.25) is 4.79 Å². The average Bonchev–Trinajstić information content (AvgIpc) is 3.13. The molecule has 1 amide bonds. The number of imidazole rings is 1. The van der Waals surface area contributed by atoms with Gasteiger partial charge in [0.25, 0.3) is 0 Å². The number of rotatable bonds is 3. The molecule has 1 aromatic rings. The van der Waals surface area contributed by atoms with Crippen molar-refractivity contribution in [3.05, 3.63) is 17.7 Å². The van der Waals surface area contributed by atoms with Gasteiger partial charge in [-0.05, 0) is 49.9 Å². The lowest BCUT2D eigenvalue weighted by molar-refractivity contribution is -0.123. The van der Waals surface area contributed by atoms with Crippen LogP contribution in [0.1, 0.15) is 52.8 Å². The lowest BCUT2D eigenvalue weighted by Gasteiger charge is -2.25. The fraction of sp³-hybridized carbons (Fsp3) is 0.750. The summed E-state index contributed by atoms with van der Waals surface area (Å²) in [6.07, 6.45) is 10.9. The summed E-state index contributed by atoms with van der Waals surface area (Å²) in [5.74, 6) is 2.71. The second kappa shape index (κ2) is 5.99. The van der Waals surface area contributed by atoms with Crippen LogP contribution < -0.4 is 5.32 Å². The van der Waals surface area contributed by atoms with Crippen LogP contribution in [0.15, 0.2) is 6.33 Å². The third-order valence-corrected chi connectivity index (χ3v) is 5.68. The van der Waals surface area contributed by atoms with Gasteiger partial charge in [0.1, 0.15) is 0 Å². The first-order chi connectivity index (χ1) is 9.78. The van der Waals surface area contributed by atoms with Crippen LogP contribution in [-0.4, -0.2) is 21.9 Å². The topological polar surface area (TPSA) is 57.8 Å². The maximum atomic E-state index is 12.3. The number of halogens is 1. The Morgan fingerprint density at radius 2 is 2.29 bits per heavy atom. The summed E-state index contributed by atoms with van der Waals surface area (Å²) < 4.78 is 0. The van der Waals surface area contributed by atoms with E-state index in [4.69, 9.17) is 0 Å². The molecule has 1 heterocycles. The van der Waals surface area contributed by atoms with E-state index in [-0.39, 0.29) is 21.2 Å². The molecular weight excluding hydrogens is 286 g/mol. The second-order valence-electron chi connectivity index (χ2n) is 6.97. The third-order valence-electron chi connectivity index (χ3n) is 5.68. The predicted molar refractivity (Wildman–Crippen MR) is 87.6 cm³/mol. The number of aryl methyl sites for hydroxylation is 1. The molecule has 2 bridgehead atoms. The van der Waals surface area contributed by atoms with E-state index in [1.54, 1.807) is 6.33 Å². The lowest BCUT2D eigenvalue weighted by atomic mass is 9.86. The minimum absolute atomic E-state index is 0. The van der Waals surface area contributed by atoms with Crippen molar-refractivity contribution in [3.8, 4) is 0 Å². The van der Waals surface area contributed by atoms with Gasteiger partial charge in [0.05, 0.1) is 12.0 Å². The molecule has 0 aliphatic heterocycles. The lowest BCUT2D eigenvalue weighted by Crippen LogP contribution is -2.40. The first kappa shape index (κ1) is 14.9. The molecule has 1 aromatic heterocycles. The van der Waals surface area contributed by atoms with E-state index in [1.165, 1.54) is 37.1 Å². The van der Waals surface area contributed by atoms with E-state index in [1.807, 2.05) is 0 Å². The number of H-pyrrole nitrogens is 1. The maximum absolute atomic E-state index is 12.3. The van der Waals surface area contributed by atoms with Crippen molar-refractivity contribution in [2.45, 2.75) is 57.4 Å². The highest BCUT2D eigenvalue weighted by Gasteiger charge is 2.40. The van der Waals surface area contributed by atoms with Crippen LogP contribution >= 0.6 is 12.4 Å². The van der Waals surface area contributed by atoms with E-state index < -0.39 is 0 Å². The summed E-state index contributed by atoms with van der Waals surface area (Å²) >= 11 is 0. The van der Waals surface area contributed by atoms with E-state index in [0.717, 1.165) is 37.5 Å². The summed E-state index contributed by atoms with van der Waals surface area (Å²) in [6, 6.07) is 0.300. The summed E-state index contributed by atoms with van der Waals surface area (Å²) in [4.78, 5) is 19.8. The quantitative estimate of drug-likeness (QED) is 0.900. The summed E-state index contributed by atoms with van der Waals surface area (Å²) in [7, 11) is 0. The standard InChI is InChI=1S/C16H23N3O.ClH.2H2/c20-16(7-12-6-10-1-2-11(12)5-10)19-13-3-4-14-15(8-13)18-9-17-14;;;/h9-13H,1-8H2,(H,17,18)(H,19,20);3*1H/t10-,11+,12-,13?;;;/m1.../s1. The van der Waals surface area contributed by atoms with E-state index in [0.29, 0.717) is 12.0 Å². The van der Waals surface area contributed by atoms with Crippen molar-refractivity contribution < 1.29 is 7.65 Å². The fourth-order valence-electron chi connectivity index (χ4n) is 4.68. The zero-order valence-electron chi connectivity index (χ0n) is 12.3. The molecule has 0 spiro atoms. The van der Waals surface area contributed by atoms with Crippen LogP contribution in [-0.2, 0) is 17.6 Å². The summed E-state index contributed by atoms with van der Waals surface area (Å²) in [5.41, 5.74) is 2.39. The third kappa shape index (κ3) is 2.96. The number of aromatic nitrogens is 2. The normalized spacial score (nSPS) is 33.3. The van der Waals surface area contributed by atoms with Crippen molar-refractivity contribution in [2.75, 3.05) is 0 Å². The molecule has 4 nitrogen and oxygen atoms in total. The number of nitrogens with one attached hydrogen (secondary N) is 2. The van der Waals surface area contributed by atoms with Crippen molar-refractivity contribution >= 4 is 18.3 Å². The molecular formula is C16H28ClN3O. The van der Waals surface area contributed by atoms with Crippen molar-refractivity contribution in [2.24, 2.45) is 17.8 Å². The van der Waals surface area contributed by atoms with E-state index in [9.17, 15) is 4.79 Å². The van der Waals surface area contributed by atoms with Crippen LogP contribution in [0.4, 0.5) is 0 Å². The highest BCUT2D eigenvalue weighted by molar-refractivity contribution is 5.85. The van der Waals surface area contributed by atoms with Crippen molar-refractivity contribution in [1.82, 2.24) is 15.3 Å². The Balaban J connectivity index is 0.000000882. The Morgan fingerprint density at radius 3 is 3.05 bits per heavy atom. The summed E-state index contributed by atoms with van der Waals surface area (Å²) in [6.45, 7) is 0. The number of carbonyl (C=O) groups excluding carboxylic acids is 1. The molecule has 1 unspecified atom stereocenters. The Hall–Kier alpha value is -1.03. The fourth-order valence-corrected chi connectivity index (χ4v) is 4.68. The van der Waals surface area contributed by atoms with E-state index >= 15 is 0 Å². The second-order valence-corrected chi connectivity index (χ2v) is 6.97. The Bertz CT molecular complexity index is 525. The number of hydrogen-bond acceptors (Lipinski definition) is 2. The van der Waals surface area contributed by atoms with Gasteiger partial charge in [-0.15, -0.1) is 12.4 Å². The molecule has 4 rings (SSSR count). The number of amides is 1. The van der Waals surface area contributed by atoms with Crippen LogP contribution in [0.3, 0.4) is 0 Å². The van der Waals surface area contributed by atoms with Gasteiger partial charge in [0.2, 0.25) is 5.91 Å². The molecule has 0 saturated heterocycles. The van der Waals surface area contributed by atoms with Gasteiger partial charge in [-0.25, -0.2) is 4.98 Å². The molecule has 0 radical (unpaired) electrons. The highest BCUT2D eigenvalue weighted by atomic mass is 35.5. The van der Waals surface area contributed by atoms with Gasteiger partial charge in [-0.2, -0.15) is 0 Å². The van der Waals surface area contributed by atoms with Crippen LogP contribution in [0.2, 0.25) is 0 Å². The maximum Gasteiger partial charge on any atom is 0.220 e.